The fourth-order valence-corrected chi connectivity index (χ4v) is 5.04. The maximum absolute atomic E-state index is 2.45. The second kappa shape index (κ2) is 4.14. The van der Waals surface area contributed by atoms with Crippen molar-refractivity contribution in [2.75, 3.05) is 0 Å². The molecule has 0 aromatic heterocycles. The molecule has 0 saturated heterocycles. The highest BCUT2D eigenvalue weighted by molar-refractivity contribution is 6.13. The highest BCUT2D eigenvalue weighted by atomic mass is 14.3. The molecule has 0 bridgehead atoms. The summed E-state index contributed by atoms with van der Waals surface area (Å²) in [4.78, 5) is 0. The van der Waals surface area contributed by atoms with Crippen molar-refractivity contribution in [2.45, 2.75) is 32.1 Å². The van der Waals surface area contributed by atoms with Crippen LogP contribution in [0.15, 0.2) is 48.5 Å². The number of hydrogen-bond donors (Lipinski definition) is 0. The molecule has 0 atom stereocenters. The van der Waals surface area contributed by atoms with Gasteiger partial charge in [-0.3, -0.25) is 0 Å². The van der Waals surface area contributed by atoms with E-state index in [-0.39, 0.29) is 0 Å². The van der Waals surface area contributed by atoms with Crippen LogP contribution < -0.4 is 0 Å². The van der Waals surface area contributed by atoms with Gasteiger partial charge in [0.05, 0.1) is 0 Å². The number of rotatable bonds is 0. The van der Waals surface area contributed by atoms with E-state index in [4.69, 9.17) is 0 Å². The summed E-state index contributed by atoms with van der Waals surface area (Å²) in [5.41, 5.74) is 6.40. The van der Waals surface area contributed by atoms with Crippen LogP contribution in [0.3, 0.4) is 0 Å². The third-order valence-electron chi connectivity index (χ3n) is 6.03. The van der Waals surface area contributed by atoms with Gasteiger partial charge in [0.1, 0.15) is 0 Å². The summed E-state index contributed by atoms with van der Waals surface area (Å²) < 4.78 is 0. The van der Waals surface area contributed by atoms with Crippen molar-refractivity contribution < 1.29 is 0 Å². The van der Waals surface area contributed by atoms with Crippen LogP contribution in [-0.4, -0.2) is 0 Å². The summed E-state index contributed by atoms with van der Waals surface area (Å²) in [7, 11) is 0. The summed E-state index contributed by atoms with van der Waals surface area (Å²) in [6.45, 7) is 0. The highest BCUT2D eigenvalue weighted by Crippen LogP contribution is 2.44. The minimum atomic E-state index is 1.21. The first-order chi connectivity index (χ1) is 11.4. The third-order valence-corrected chi connectivity index (χ3v) is 6.03. The molecular weight excluding hydrogens is 276 g/mol. The molecule has 0 amide bonds. The lowest BCUT2D eigenvalue weighted by Crippen LogP contribution is -2.03. The molecule has 4 aromatic carbocycles. The molecule has 23 heavy (non-hydrogen) atoms. The molecule has 0 heterocycles. The molecular formula is C23H18. The third kappa shape index (κ3) is 1.47. The monoisotopic (exact) mass is 294 g/mol. The van der Waals surface area contributed by atoms with Crippen LogP contribution in [0.5, 0.6) is 0 Å². The lowest BCUT2D eigenvalue weighted by atomic mass is 9.82. The highest BCUT2D eigenvalue weighted by Gasteiger charge is 2.24. The molecule has 0 N–H and O–H groups in total. The summed E-state index contributed by atoms with van der Waals surface area (Å²) >= 11 is 0. The van der Waals surface area contributed by atoms with E-state index in [1.807, 2.05) is 0 Å². The first kappa shape index (κ1) is 12.1. The van der Waals surface area contributed by atoms with E-state index in [9.17, 15) is 0 Å². The van der Waals surface area contributed by atoms with Gasteiger partial charge in [-0.15, -0.1) is 0 Å². The lowest BCUT2D eigenvalue weighted by molar-refractivity contribution is 0.813. The van der Waals surface area contributed by atoms with Gasteiger partial charge in [0, 0.05) is 0 Å². The van der Waals surface area contributed by atoms with Crippen molar-refractivity contribution in [2.24, 2.45) is 0 Å². The first-order valence-electron chi connectivity index (χ1n) is 8.81. The largest absolute Gasteiger partial charge is 0.0616 e. The Labute approximate surface area is 135 Å². The Morgan fingerprint density at radius 3 is 1.87 bits per heavy atom. The topological polar surface area (TPSA) is 0 Å². The van der Waals surface area contributed by atoms with Gasteiger partial charge in [0.2, 0.25) is 0 Å². The number of aryl methyl sites for hydroxylation is 4. The maximum Gasteiger partial charge on any atom is -0.0108 e. The SMILES string of the molecule is c1ccc2cc3c4c5c(ccc6c5c(c3cc2c1)CCC6)CC4. The van der Waals surface area contributed by atoms with Crippen LogP contribution >= 0.6 is 0 Å². The average molecular weight is 294 g/mol. The van der Waals surface area contributed by atoms with Crippen molar-refractivity contribution in [3.63, 3.8) is 0 Å². The van der Waals surface area contributed by atoms with Gasteiger partial charge in [0.25, 0.3) is 0 Å². The average Bonchev–Trinajstić information content (AvgIpc) is 3.04. The van der Waals surface area contributed by atoms with Crippen LogP contribution in [0.25, 0.3) is 32.3 Å². The summed E-state index contributed by atoms with van der Waals surface area (Å²) in [6.07, 6.45) is 6.22. The van der Waals surface area contributed by atoms with Gasteiger partial charge in [-0.05, 0) is 98.8 Å². The van der Waals surface area contributed by atoms with Crippen LogP contribution in [0.2, 0.25) is 0 Å². The van der Waals surface area contributed by atoms with Gasteiger partial charge in [-0.25, -0.2) is 0 Å². The molecule has 0 unspecified atom stereocenters. The summed E-state index contributed by atoms with van der Waals surface area (Å²) in [6, 6.07) is 18.5. The van der Waals surface area contributed by atoms with Crippen LogP contribution in [0.1, 0.15) is 28.7 Å². The van der Waals surface area contributed by atoms with Gasteiger partial charge < -0.3 is 0 Å². The Morgan fingerprint density at radius 1 is 0.565 bits per heavy atom. The Kier molecular flexibility index (Phi) is 2.18. The molecule has 0 fully saturated rings. The Hall–Kier alpha value is -2.34. The van der Waals surface area contributed by atoms with E-state index in [2.05, 4.69) is 48.5 Å². The lowest BCUT2D eigenvalue weighted by Gasteiger charge is -2.22. The zero-order valence-corrected chi connectivity index (χ0v) is 13.2. The number of benzene rings is 4. The van der Waals surface area contributed by atoms with Crippen molar-refractivity contribution in [3.8, 4) is 0 Å². The van der Waals surface area contributed by atoms with Crippen LogP contribution in [0, 0.1) is 0 Å². The minimum absolute atomic E-state index is 1.21. The van der Waals surface area contributed by atoms with Crippen LogP contribution in [0.4, 0.5) is 0 Å². The molecule has 0 aliphatic heterocycles. The maximum atomic E-state index is 2.45. The molecule has 0 nitrogen and oxygen atoms in total. The first-order valence-corrected chi connectivity index (χ1v) is 8.81. The molecule has 0 saturated carbocycles. The fourth-order valence-electron chi connectivity index (χ4n) is 5.04. The molecule has 0 spiro atoms. The molecule has 2 aliphatic rings. The molecule has 0 heteroatoms. The predicted molar refractivity (Wildman–Crippen MR) is 98.4 cm³/mol. The Balaban J connectivity index is 1.93. The van der Waals surface area contributed by atoms with Crippen molar-refractivity contribution in [3.05, 3.63) is 70.8 Å². The van der Waals surface area contributed by atoms with E-state index >= 15 is 0 Å². The van der Waals surface area contributed by atoms with E-state index in [0.29, 0.717) is 0 Å². The standard InChI is InChI=1S/C23H18/c1-2-5-17-13-21-19-11-10-15-9-8-14-6-3-7-18(22(14)23(15)19)20(21)12-16(17)4-1/h1-2,4-5,8-9,12-13H,3,6-7,10-11H2. The second-order valence-electron chi connectivity index (χ2n) is 7.19. The van der Waals surface area contributed by atoms with E-state index in [1.165, 1.54) is 53.6 Å². The minimum Gasteiger partial charge on any atom is -0.0616 e. The van der Waals surface area contributed by atoms with Gasteiger partial charge in [-0.2, -0.15) is 0 Å². The smallest absolute Gasteiger partial charge is 0.0108 e. The quantitative estimate of drug-likeness (QED) is 0.363. The van der Waals surface area contributed by atoms with Gasteiger partial charge in [0.15, 0.2) is 0 Å². The second-order valence-corrected chi connectivity index (χ2v) is 7.19. The molecule has 110 valence electrons. The van der Waals surface area contributed by atoms with E-state index < -0.39 is 0 Å². The molecule has 2 aliphatic carbocycles. The molecule has 0 radical (unpaired) electrons. The Bertz CT molecular complexity index is 1130. The van der Waals surface area contributed by atoms with Gasteiger partial charge in [-0.1, -0.05) is 36.4 Å². The van der Waals surface area contributed by atoms with Gasteiger partial charge >= 0.3 is 0 Å². The normalized spacial score (nSPS) is 15.8. The zero-order valence-electron chi connectivity index (χ0n) is 13.2. The van der Waals surface area contributed by atoms with Crippen molar-refractivity contribution >= 4 is 32.3 Å². The van der Waals surface area contributed by atoms with Crippen LogP contribution in [-0.2, 0) is 25.7 Å². The van der Waals surface area contributed by atoms with E-state index in [0.717, 1.165) is 0 Å². The summed E-state index contributed by atoms with van der Waals surface area (Å²) in [5.74, 6) is 0. The number of fused-ring (bicyclic) bond motifs is 4. The van der Waals surface area contributed by atoms with E-state index in [1.54, 1.807) is 33.0 Å². The zero-order chi connectivity index (χ0) is 15.0. The Morgan fingerprint density at radius 2 is 1.17 bits per heavy atom. The predicted octanol–water partition coefficient (Wildman–Crippen LogP) is 5.73. The molecule has 6 rings (SSSR count). The van der Waals surface area contributed by atoms with Crippen molar-refractivity contribution in [1.29, 1.82) is 0 Å². The molecule has 4 aromatic rings. The summed E-state index contributed by atoms with van der Waals surface area (Å²) in [5, 5.41) is 9.02. The number of hydrogen-bond acceptors (Lipinski definition) is 0. The van der Waals surface area contributed by atoms with Crippen molar-refractivity contribution in [1.82, 2.24) is 0 Å². The fraction of sp³-hybridized carbons (Fsp3) is 0.217.